The molecular weight excluding hydrogens is 552 g/mol. The van der Waals surface area contributed by atoms with Crippen LogP contribution in [0.4, 0.5) is 4.79 Å². The van der Waals surface area contributed by atoms with E-state index >= 15 is 0 Å². The van der Waals surface area contributed by atoms with E-state index in [1.54, 1.807) is 10.1 Å². The number of β-amino-alcohol motifs (C(OH)–C–C–N with tert-alkyl or cyclic N) is 1. The minimum Gasteiger partial charge on any atom is -0.389 e. The summed E-state index contributed by atoms with van der Waals surface area (Å²) in [6.45, 7) is 8.60. The zero-order valence-electron chi connectivity index (χ0n) is 26.6. The number of hydrogen-bond donors (Lipinski definition) is 3. The predicted octanol–water partition coefficient (Wildman–Crippen LogP) is 3.78. The Kier molecular flexibility index (Phi) is 9.37. The Morgan fingerprint density at radius 2 is 1.02 bits per heavy atom. The van der Waals surface area contributed by atoms with Crippen molar-refractivity contribution in [3.63, 3.8) is 0 Å². The summed E-state index contributed by atoms with van der Waals surface area (Å²) < 4.78 is 17.2. The first-order valence-electron chi connectivity index (χ1n) is 17.2. The lowest BCUT2D eigenvalue weighted by atomic mass is 9.68. The van der Waals surface area contributed by atoms with Crippen LogP contribution in [0.2, 0.25) is 0 Å². The van der Waals surface area contributed by atoms with Crippen LogP contribution in [0.15, 0.2) is 0 Å². The van der Waals surface area contributed by atoms with E-state index < -0.39 is 28.3 Å². The molecule has 0 aromatic carbocycles. The van der Waals surface area contributed by atoms with Gasteiger partial charge < -0.3 is 39.5 Å². The van der Waals surface area contributed by atoms with Crippen molar-refractivity contribution in [3.05, 3.63) is 0 Å². The van der Waals surface area contributed by atoms with Crippen molar-refractivity contribution in [2.45, 2.75) is 144 Å². The number of hydroxylamine groups is 4. The molecule has 0 bridgehead atoms. The van der Waals surface area contributed by atoms with Crippen LogP contribution >= 0.6 is 0 Å². The second-order valence-electron chi connectivity index (χ2n) is 14.7. The second kappa shape index (κ2) is 12.6. The number of aliphatic hydroxyl groups is 1. The first-order chi connectivity index (χ1) is 20.7. The van der Waals surface area contributed by atoms with Crippen molar-refractivity contribution in [1.29, 1.82) is 0 Å². The smallest absolute Gasteiger partial charge is 0.320 e. The summed E-state index contributed by atoms with van der Waals surface area (Å²) in [6, 6.07) is -0.154. The molecule has 2 atom stereocenters. The van der Waals surface area contributed by atoms with Gasteiger partial charge >= 0.3 is 6.03 Å². The zero-order valence-corrected chi connectivity index (χ0v) is 26.6. The fraction of sp³-hybridized carbons (Fsp3) is 0.969. The summed E-state index contributed by atoms with van der Waals surface area (Å²) in [4.78, 5) is 18.6. The summed E-state index contributed by atoms with van der Waals surface area (Å²) in [5.41, 5.74) is -1.73. The highest BCUT2D eigenvalue weighted by atomic mass is 16.5. The molecule has 6 rings (SSSR count). The van der Waals surface area contributed by atoms with Crippen molar-refractivity contribution >= 4 is 6.03 Å². The van der Waals surface area contributed by atoms with E-state index in [1.165, 1.54) is 0 Å². The van der Waals surface area contributed by atoms with Crippen molar-refractivity contribution in [2.24, 2.45) is 0 Å². The Hall–Kier alpha value is -1.05. The van der Waals surface area contributed by atoms with Crippen molar-refractivity contribution < 1.29 is 34.5 Å². The molecule has 11 heteroatoms. The molecule has 6 heterocycles. The first-order valence-corrected chi connectivity index (χ1v) is 17.2. The summed E-state index contributed by atoms with van der Waals surface area (Å²) in [5.74, 6) is 0. The molecule has 0 aromatic heterocycles. The third kappa shape index (κ3) is 5.64. The molecular formula is C32H56N4O7. The van der Waals surface area contributed by atoms with Crippen LogP contribution in [-0.4, -0.2) is 135 Å². The van der Waals surface area contributed by atoms with Gasteiger partial charge in [0.1, 0.15) is 0 Å². The number of aliphatic hydroxyl groups excluding tert-OH is 1. The topological polar surface area (TPSA) is 118 Å². The van der Waals surface area contributed by atoms with Gasteiger partial charge in [-0.05, 0) is 77.0 Å². The summed E-state index contributed by atoms with van der Waals surface area (Å²) in [7, 11) is 0. The number of amides is 2. The van der Waals surface area contributed by atoms with E-state index in [2.05, 4.69) is 13.8 Å². The molecule has 0 radical (unpaired) electrons. The maximum atomic E-state index is 14.7. The summed E-state index contributed by atoms with van der Waals surface area (Å²) >= 11 is 0. The molecule has 0 aliphatic carbocycles. The lowest BCUT2D eigenvalue weighted by molar-refractivity contribution is -0.300. The highest BCUT2D eigenvalue weighted by molar-refractivity contribution is 5.76. The molecule has 2 amide bonds. The molecule has 2 unspecified atom stereocenters. The Morgan fingerprint density at radius 1 is 0.651 bits per heavy atom. The first kappa shape index (κ1) is 31.9. The zero-order chi connectivity index (χ0) is 30.3. The minimum absolute atomic E-state index is 0.00612. The fourth-order valence-corrected chi connectivity index (χ4v) is 10.1. The second-order valence-corrected chi connectivity index (χ2v) is 14.7. The van der Waals surface area contributed by atoms with Gasteiger partial charge in [0.25, 0.3) is 0 Å². The lowest BCUT2D eigenvalue weighted by Crippen LogP contribution is -2.73. The van der Waals surface area contributed by atoms with Crippen LogP contribution in [0, 0.1) is 0 Å². The highest BCUT2D eigenvalue weighted by Gasteiger charge is 2.59. The average molecular weight is 609 g/mol. The van der Waals surface area contributed by atoms with Crippen molar-refractivity contribution in [1.82, 2.24) is 19.9 Å². The maximum absolute atomic E-state index is 14.7. The third-order valence-electron chi connectivity index (χ3n) is 12.1. The van der Waals surface area contributed by atoms with E-state index in [9.17, 15) is 20.3 Å². The molecule has 6 aliphatic heterocycles. The molecule has 246 valence electrons. The lowest BCUT2D eigenvalue weighted by Gasteiger charge is -2.62. The monoisotopic (exact) mass is 608 g/mol. The number of carbonyl (C=O) groups excluding carboxylic acids is 1. The molecule has 43 heavy (non-hydrogen) atoms. The van der Waals surface area contributed by atoms with E-state index in [0.717, 1.165) is 64.2 Å². The van der Waals surface area contributed by atoms with Gasteiger partial charge in [-0.15, -0.1) is 0 Å². The quantitative estimate of drug-likeness (QED) is 0.414. The van der Waals surface area contributed by atoms with Gasteiger partial charge in [0.15, 0.2) is 0 Å². The number of carbonyl (C=O) groups is 1. The van der Waals surface area contributed by atoms with E-state index in [1.807, 2.05) is 9.80 Å². The van der Waals surface area contributed by atoms with Crippen LogP contribution in [0.25, 0.3) is 0 Å². The standard InChI is InChI=1S/C32H56N4O7/c1-3-5-29(6-4-2)19-25(20-30(35(29)39)7-13-41-14-8-30)33-23-27(37)24-34(28(33)38)26-21-31(9-15-42-16-10-31)36(40)32(22-26)11-17-43-18-12-32/h25-27,37,39-40H,3-24H2,1-2H3. The summed E-state index contributed by atoms with van der Waals surface area (Å²) in [5, 5.41) is 38.5. The number of urea groups is 1. The molecule has 6 fully saturated rings. The molecule has 6 aliphatic rings. The van der Waals surface area contributed by atoms with E-state index in [4.69, 9.17) is 14.2 Å². The van der Waals surface area contributed by atoms with Crippen molar-refractivity contribution in [2.75, 3.05) is 52.7 Å². The highest BCUT2D eigenvalue weighted by Crippen LogP contribution is 2.51. The van der Waals surface area contributed by atoms with Gasteiger partial charge in [-0.3, -0.25) is 0 Å². The molecule has 3 N–H and O–H groups in total. The molecule has 0 saturated carbocycles. The van der Waals surface area contributed by atoms with Crippen LogP contribution < -0.4 is 0 Å². The SMILES string of the molecule is CCCC1(CCC)CC(N2CC(O)CN(C3CC4(CCOCC4)N(O)C4(CCOCC4)C3)C2=O)CC2(CCOCC2)N1O. The largest absolute Gasteiger partial charge is 0.389 e. The van der Waals surface area contributed by atoms with Gasteiger partial charge in [-0.2, -0.15) is 10.1 Å². The van der Waals surface area contributed by atoms with Gasteiger partial charge in [-0.1, -0.05) is 26.7 Å². The Balaban J connectivity index is 1.31. The number of piperidine rings is 2. The van der Waals surface area contributed by atoms with E-state index in [-0.39, 0.29) is 18.1 Å². The number of hydrogen-bond acceptors (Lipinski definition) is 9. The van der Waals surface area contributed by atoms with Crippen LogP contribution in [-0.2, 0) is 14.2 Å². The van der Waals surface area contributed by atoms with Crippen LogP contribution in [0.3, 0.4) is 0 Å². The Morgan fingerprint density at radius 3 is 1.42 bits per heavy atom. The predicted molar refractivity (Wildman–Crippen MR) is 159 cm³/mol. The van der Waals surface area contributed by atoms with Gasteiger partial charge in [0.05, 0.1) is 35.8 Å². The van der Waals surface area contributed by atoms with Crippen LogP contribution in [0.1, 0.15) is 104 Å². The third-order valence-corrected chi connectivity index (χ3v) is 12.1. The van der Waals surface area contributed by atoms with Gasteiger partial charge in [-0.25, -0.2) is 4.79 Å². The molecule has 0 aromatic rings. The minimum atomic E-state index is -0.648. The summed E-state index contributed by atoms with van der Waals surface area (Å²) in [6.07, 6.45) is 10.1. The van der Waals surface area contributed by atoms with E-state index in [0.29, 0.717) is 78.4 Å². The molecule has 3 spiro atoms. The van der Waals surface area contributed by atoms with Crippen LogP contribution in [0.5, 0.6) is 0 Å². The Bertz CT molecular complexity index is 931. The molecule has 6 saturated heterocycles. The number of rotatable bonds is 6. The normalized spacial score (nSPS) is 34.7. The average Bonchev–Trinajstić information content (AvgIpc) is 3.01. The maximum Gasteiger partial charge on any atom is 0.320 e. The number of ether oxygens (including phenoxy) is 3. The van der Waals surface area contributed by atoms with Crippen molar-refractivity contribution in [3.8, 4) is 0 Å². The van der Waals surface area contributed by atoms with Gasteiger partial charge in [0, 0.05) is 57.3 Å². The molecule has 11 nitrogen and oxygen atoms in total. The number of nitrogens with zero attached hydrogens (tertiary/aromatic N) is 4. The fourth-order valence-electron chi connectivity index (χ4n) is 10.1. The Labute approximate surface area is 257 Å². The van der Waals surface area contributed by atoms with Gasteiger partial charge in [0.2, 0.25) is 0 Å².